The number of fused-ring (bicyclic) bond motifs is 1. The van der Waals surface area contributed by atoms with Crippen LogP contribution in [0.15, 0.2) is 24.4 Å². The number of rotatable bonds is 4. The Labute approximate surface area is 132 Å². The molecule has 1 aliphatic rings. The third kappa shape index (κ3) is 3.13. The molecule has 1 aromatic heterocycles. The highest BCUT2D eigenvalue weighted by Gasteiger charge is 2.28. The first-order chi connectivity index (χ1) is 10.6. The van der Waals surface area contributed by atoms with Crippen LogP contribution < -0.4 is 9.64 Å². The normalized spacial score (nSPS) is 27.0. The lowest BCUT2D eigenvalue weighted by atomic mass is 9.91. The van der Waals surface area contributed by atoms with Crippen LogP contribution in [0.5, 0.6) is 5.75 Å². The van der Waals surface area contributed by atoms with Crippen molar-refractivity contribution < 1.29 is 14.7 Å². The molecular weight excluding hydrogens is 276 g/mol. The molecule has 3 atom stereocenters. The Bertz CT molecular complexity index is 627. The van der Waals surface area contributed by atoms with E-state index in [0.29, 0.717) is 0 Å². The first kappa shape index (κ1) is 15.4. The summed E-state index contributed by atoms with van der Waals surface area (Å²) in [5, 5.41) is 11.8. The molecule has 4 heteroatoms. The highest BCUT2D eigenvalue weighted by molar-refractivity contribution is 5.85. The average Bonchev–Trinajstić information content (AvgIpc) is 2.88. The van der Waals surface area contributed by atoms with Gasteiger partial charge in [0.05, 0.1) is 20.2 Å². The Morgan fingerprint density at radius 1 is 1.32 bits per heavy atom. The van der Waals surface area contributed by atoms with Crippen LogP contribution in [0.25, 0.3) is 10.9 Å². The Morgan fingerprint density at radius 2 is 2.05 bits per heavy atom. The lowest BCUT2D eigenvalue weighted by molar-refractivity contribution is -0.915. The van der Waals surface area contributed by atoms with Crippen LogP contribution in [0.1, 0.15) is 31.9 Å². The van der Waals surface area contributed by atoms with Crippen LogP contribution in [0.2, 0.25) is 0 Å². The molecule has 1 aromatic carbocycles. The van der Waals surface area contributed by atoms with Gasteiger partial charge in [-0.05, 0) is 24.6 Å². The maximum atomic E-state index is 10.7. The molecule has 0 bridgehead atoms. The summed E-state index contributed by atoms with van der Waals surface area (Å²) in [6.45, 7) is 7.73. The van der Waals surface area contributed by atoms with Crippen LogP contribution in [0.4, 0.5) is 0 Å². The maximum Gasteiger partial charge on any atom is 0.130 e. The minimum absolute atomic E-state index is 0.437. The fraction of sp³-hybridized carbons (Fsp3) is 0.556. The molecule has 1 aliphatic heterocycles. The van der Waals surface area contributed by atoms with Gasteiger partial charge in [-0.15, -0.1) is 0 Å². The summed E-state index contributed by atoms with van der Waals surface area (Å²) in [4.78, 5) is 4.76. The van der Waals surface area contributed by atoms with Crippen molar-refractivity contribution in [3.63, 3.8) is 0 Å². The molecular formula is C18H27N2O2+. The number of aliphatic hydroxyl groups excluding tert-OH is 1. The largest absolute Gasteiger partial charge is 0.497 e. The van der Waals surface area contributed by atoms with Gasteiger partial charge in [0.15, 0.2) is 0 Å². The summed E-state index contributed by atoms with van der Waals surface area (Å²) >= 11 is 0. The van der Waals surface area contributed by atoms with Crippen molar-refractivity contribution in [3.05, 3.63) is 30.0 Å². The summed E-state index contributed by atoms with van der Waals surface area (Å²) in [6, 6.07) is 5.94. The quantitative estimate of drug-likeness (QED) is 0.806. The fourth-order valence-corrected chi connectivity index (χ4v) is 4.00. The van der Waals surface area contributed by atoms with Gasteiger partial charge < -0.3 is 19.7 Å². The maximum absolute atomic E-state index is 10.7. The predicted molar refractivity (Wildman–Crippen MR) is 88.3 cm³/mol. The van der Waals surface area contributed by atoms with Gasteiger partial charge in [0.1, 0.15) is 18.4 Å². The van der Waals surface area contributed by atoms with E-state index in [1.807, 2.05) is 24.4 Å². The number of aliphatic hydroxyl groups is 1. The summed E-state index contributed by atoms with van der Waals surface area (Å²) in [5.74, 6) is 2.32. The average molecular weight is 303 g/mol. The number of likely N-dealkylation sites (tertiary alicyclic amines) is 1. The molecule has 1 saturated heterocycles. The van der Waals surface area contributed by atoms with E-state index in [0.717, 1.165) is 53.7 Å². The molecule has 1 fully saturated rings. The second kappa shape index (κ2) is 6.31. The molecule has 0 amide bonds. The number of H-pyrrole nitrogens is 1. The number of aromatic nitrogens is 1. The fourth-order valence-electron chi connectivity index (χ4n) is 4.00. The summed E-state index contributed by atoms with van der Waals surface area (Å²) < 4.78 is 5.30. The van der Waals surface area contributed by atoms with Crippen LogP contribution in [0, 0.1) is 11.8 Å². The van der Waals surface area contributed by atoms with Crippen LogP contribution in [-0.2, 0) is 0 Å². The number of piperidine rings is 1. The number of quaternary nitrogens is 1. The zero-order valence-electron chi connectivity index (χ0n) is 13.7. The summed E-state index contributed by atoms with van der Waals surface area (Å²) in [6.07, 6.45) is 2.81. The van der Waals surface area contributed by atoms with E-state index in [2.05, 4.69) is 18.8 Å². The van der Waals surface area contributed by atoms with Crippen molar-refractivity contribution in [3.8, 4) is 5.75 Å². The Kier molecular flexibility index (Phi) is 4.41. The van der Waals surface area contributed by atoms with Crippen molar-refractivity contribution in [1.29, 1.82) is 0 Å². The van der Waals surface area contributed by atoms with Gasteiger partial charge in [-0.25, -0.2) is 0 Å². The van der Waals surface area contributed by atoms with E-state index in [-0.39, 0.29) is 0 Å². The molecule has 0 unspecified atom stereocenters. The van der Waals surface area contributed by atoms with E-state index >= 15 is 0 Å². The van der Waals surface area contributed by atoms with E-state index in [1.165, 1.54) is 11.3 Å². The molecule has 120 valence electrons. The first-order valence-corrected chi connectivity index (χ1v) is 8.23. The molecule has 3 N–H and O–H groups in total. The number of nitrogens with one attached hydrogen (secondary N) is 2. The molecule has 22 heavy (non-hydrogen) atoms. The first-order valence-electron chi connectivity index (χ1n) is 8.23. The van der Waals surface area contributed by atoms with Gasteiger partial charge in [0.2, 0.25) is 0 Å². The smallest absolute Gasteiger partial charge is 0.130 e. The number of methoxy groups -OCH3 is 1. The lowest BCUT2D eigenvalue weighted by Crippen LogP contribution is -3.14. The molecule has 0 aliphatic carbocycles. The minimum atomic E-state index is -0.437. The zero-order chi connectivity index (χ0) is 15.7. The molecule has 0 saturated carbocycles. The van der Waals surface area contributed by atoms with Gasteiger partial charge in [-0.3, -0.25) is 0 Å². The van der Waals surface area contributed by atoms with E-state index in [1.54, 1.807) is 7.11 Å². The lowest BCUT2D eigenvalue weighted by Gasteiger charge is -2.33. The number of hydrogen-bond acceptors (Lipinski definition) is 2. The predicted octanol–water partition coefficient (Wildman–Crippen LogP) is 1.77. The molecule has 3 rings (SSSR count). The number of aromatic amines is 1. The standard InChI is InChI=1S/C18H26N2O2/c1-12-6-13(2)10-20(9-12)11-18(21)16-8-19-17-5-4-14(22-3)7-15(16)17/h4-5,7-8,12-13,18-19,21H,6,9-11H2,1-3H3/p+1/t12-,13-,18+/m1/s1. The number of benzene rings is 1. The minimum Gasteiger partial charge on any atom is -0.497 e. The van der Waals surface area contributed by atoms with Gasteiger partial charge in [0, 0.05) is 34.5 Å². The van der Waals surface area contributed by atoms with Crippen molar-refractivity contribution in [2.75, 3.05) is 26.7 Å². The molecule has 2 heterocycles. The van der Waals surface area contributed by atoms with Crippen LogP contribution >= 0.6 is 0 Å². The zero-order valence-corrected chi connectivity index (χ0v) is 13.7. The van der Waals surface area contributed by atoms with E-state index < -0.39 is 6.10 Å². The number of ether oxygens (including phenoxy) is 1. The SMILES string of the molecule is COc1ccc2[nH]cc([C@@H](O)C[NH+]3C[C@H](C)C[C@@H](C)C3)c2c1. The van der Waals surface area contributed by atoms with Gasteiger partial charge in [-0.2, -0.15) is 0 Å². The van der Waals surface area contributed by atoms with Crippen LogP contribution in [0.3, 0.4) is 0 Å². The van der Waals surface area contributed by atoms with Crippen molar-refractivity contribution in [1.82, 2.24) is 4.98 Å². The van der Waals surface area contributed by atoms with Gasteiger partial charge in [0.25, 0.3) is 0 Å². The van der Waals surface area contributed by atoms with Crippen LogP contribution in [-0.4, -0.2) is 36.8 Å². The summed E-state index contributed by atoms with van der Waals surface area (Å²) in [7, 11) is 1.67. The monoisotopic (exact) mass is 303 g/mol. The van der Waals surface area contributed by atoms with Crippen molar-refractivity contribution in [2.24, 2.45) is 11.8 Å². The second-order valence-corrected chi connectivity index (χ2v) is 6.98. The van der Waals surface area contributed by atoms with Gasteiger partial charge in [-0.1, -0.05) is 13.8 Å². The third-order valence-corrected chi connectivity index (χ3v) is 4.84. The molecule has 0 radical (unpaired) electrons. The van der Waals surface area contributed by atoms with E-state index in [4.69, 9.17) is 4.74 Å². The van der Waals surface area contributed by atoms with Crippen molar-refractivity contribution in [2.45, 2.75) is 26.4 Å². The van der Waals surface area contributed by atoms with Crippen molar-refractivity contribution >= 4 is 10.9 Å². The van der Waals surface area contributed by atoms with Gasteiger partial charge >= 0.3 is 0 Å². The highest BCUT2D eigenvalue weighted by Crippen LogP contribution is 2.27. The molecule has 0 spiro atoms. The Hall–Kier alpha value is -1.52. The highest BCUT2D eigenvalue weighted by atomic mass is 16.5. The van der Waals surface area contributed by atoms with E-state index in [9.17, 15) is 5.11 Å². The summed E-state index contributed by atoms with van der Waals surface area (Å²) in [5.41, 5.74) is 2.03. The number of hydrogen-bond donors (Lipinski definition) is 3. The Morgan fingerprint density at radius 3 is 2.73 bits per heavy atom. The Balaban J connectivity index is 1.78. The molecule has 2 aromatic rings. The second-order valence-electron chi connectivity index (χ2n) is 6.98. The molecule has 4 nitrogen and oxygen atoms in total. The topological polar surface area (TPSA) is 49.7 Å². The third-order valence-electron chi connectivity index (χ3n) is 4.84.